The van der Waals surface area contributed by atoms with Gasteiger partial charge in [-0.3, -0.25) is 14.9 Å². The number of nitrogens with one attached hydrogen (secondary N) is 3. The van der Waals surface area contributed by atoms with Crippen molar-refractivity contribution in [2.45, 2.75) is 31.7 Å². The number of rotatable bonds is 5. The van der Waals surface area contributed by atoms with Gasteiger partial charge in [0.2, 0.25) is 17.7 Å². The van der Waals surface area contributed by atoms with E-state index in [2.05, 4.69) is 41.2 Å². The highest BCUT2D eigenvalue weighted by molar-refractivity contribution is 6.30. The number of amides is 3. The molecule has 0 spiro atoms. The fourth-order valence-corrected chi connectivity index (χ4v) is 4.49. The van der Waals surface area contributed by atoms with E-state index in [0.717, 1.165) is 0 Å². The first-order valence-corrected chi connectivity index (χ1v) is 13.0. The Morgan fingerprint density at radius 2 is 2.10 bits per heavy atom. The first-order valence-electron chi connectivity index (χ1n) is 12.7. The zero-order chi connectivity index (χ0) is 28.8. The van der Waals surface area contributed by atoms with E-state index in [0.29, 0.717) is 64.1 Å². The van der Waals surface area contributed by atoms with Gasteiger partial charge in [-0.1, -0.05) is 18.0 Å². The molecule has 0 saturated heterocycles. The van der Waals surface area contributed by atoms with Crippen LogP contribution >= 0.6 is 11.6 Å². The standard InChI is InChI=1S/C27H25ClN8O5/c1-40-27(39)31-18-8-9-19-21(13-18)33-24(37)5-3-2-4-20(26-29-14-23(19)41-26)32-25(38)11-6-16-12-17(28)7-10-22(16)36-15-30-34-35-36/h6-15,20H,2-5H2,1H3,(H,31,39)(H,32,38)(H,33,37). The van der Waals surface area contributed by atoms with Gasteiger partial charge in [0, 0.05) is 34.3 Å². The third-order valence-corrected chi connectivity index (χ3v) is 6.51. The molecule has 2 aromatic carbocycles. The molecule has 14 heteroatoms. The van der Waals surface area contributed by atoms with Gasteiger partial charge in [-0.15, -0.1) is 5.10 Å². The van der Waals surface area contributed by atoms with E-state index in [1.54, 1.807) is 42.5 Å². The monoisotopic (exact) mass is 576 g/mol. The molecule has 3 N–H and O–H groups in total. The molecule has 5 rings (SSSR count). The Hall–Kier alpha value is -5.04. The maximum absolute atomic E-state index is 13.0. The molecule has 2 aromatic heterocycles. The van der Waals surface area contributed by atoms with E-state index in [-0.39, 0.29) is 18.2 Å². The van der Waals surface area contributed by atoms with E-state index in [1.807, 2.05) is 0 Å². The van der Waals surface area contributed by atoms with Crippen molar-refractivity contribution in [3.63, 3.8) is 0 Å². The lowest BCUT2D eigenvalue weighted by Crippen LogP contribution is -2.27. The van der Waals surface area contributed by atoms with Crippen LogP contribution < -0.4 is 16.0 Å². The Morgan fingerprint density at radius 1 is 1.22 bits per heavy atom. The molecule has 2 bridgehead atoms. The van der Waals surface area contributed by atoms with Gasteiger partial charge in [0.1, 0.15) is 12.4 Å². The van der Waals surface area contributed by atoms with Gasteiger partial charge in [-0.25, -0.2) is 9.78 Å². The third-order valence-electron chi connectivity index (χ3n) is 6.28. The average molecular weight is 577 g/mol. The lowest BCUT2D eigenvalue weighted by Gasteiger charge is -2.16. The lowest BCUT2D eigenvalue weighted by atomic mass is 10.1. The molecule has 3 heterocycles. The molecular formula is C27H25ClN8O5. The summed E-state index contributed by atoms with van der Waals surface area (Å²) in [6.07, 6.45) is 7.34. The average Bonchev–Trinajstić information content (AvgIpc) is 3.66. The number of anilines is 2. The van der Waals surface area contributed by atoms with E-state index in [1.165, 1.54) is 30.4 Å². The number of carbonyl (C=O) groups is 3. The highest BCUT2D eigenvalue weighted by Gasteiger charge is 2.22. The number of ether oxygens (including phenoxy) is 1. The highest BCUT2D eigenvalue weighted by atomic mass is 35.5. The number of oxazole rings is 1. The summed E-state index contributed by atoms with van der Waals surface area (Å²) < 4.78 is 12.2. The van der Waals surface area contributed by atoms with Crippen LogP contribution in [0, 0.1) is 0 Å². The van der Waals surface area contributed by atoms with Crippen LogP contribution in [0.1, 0.15) is 43.2 Å². The second-order valence-electron chi connectivity index (χ2n) is 9.09. The van der Waals surface area contributed by atoms with Crippen LogP contribution in [0.25, 0.3) is 23.1 Å². The second-order valence-corrected chi connectivity index (χ2v) is 9.52. The van der Waals surface area contributed by atoms with Crippen molar-refractivity contribution in [3.8, 4) is 17.0 Å². The van der Waals surface area contributed by atoms with Crippen molar-refractivity contribution < 1.29 is 23.5 Å². The molecule has 0 aliphatic carbocycles. The number of carbonyl (C=O) groups excluding carboxylic acids is 3. The molecule has 3 amide bonds. The summed E-state index contributed by atoms with van der Waals surface area (Å²) in [4.78, 5) is 41.7. The number of methoxy groups -OCH3 is 1. The molecule has 4 aromatic rings. The van der Waals surface area contributed by atoms with Crippen LogP contribution in [0.3, 0.4) is 0 Å². The van der Waals surface area contributed by atoms with E-state index < -0.39 is 12.1 Å². The minimum atomic E-state index is -0.638. The smallest absolute Gasteiger partial charge is 0.411 e. The van der Waals surface area contributed by atoms with E-state index in [4.69, 9.17) is 16.0 Å². The Balaban J connectivity index is 1.38. The minimum absolute atomic E-state index is 0.190. The number of tetrazole rings is 1. The van der Waals surface area contributed by atoms with Gasteiger partial charge in [-0.05, 0) is 65.7 Å². The summed E-state index contributed by atoms with van der Waals surface area (Å²) in [7, 11) is 1.26. The topological polar surface area (TPSA) is 166 Å². The Morgan fingerprint density at radius 3 is 2.90 bits per heavy atom. The molecule has 1 atom stereocenters. The van der Waals surface area contributed by atoms with Crippen molar-refractivity contribution in [1.29, 1.82) is 0 Å². The van der Waals surface area contributed by atoms with Crippen LogP contribution in [-0.4, -0.2) is 50.2 Å². The molecule has 41 heavy (non-hydrogen) atoms. The fraction of sp³-hybridized carbons (Fsp3) is 0.222. The van der Waals surface area contributed by atoms with E-state index in [9.17, 15) is 14.4 Å². The van der Waals surface area contributed by atoms with Gasteiger partial charge < -0.3 is 19.8 Å². The van der Waals surface area contributed by atoms with Crippen molar-refractivity contribution in [2.24, 2.45) is 0 Å². The summed E-state index contributed by atoms with van der Waals surface area (Å²) in [6, 6.07) is 9.58. The lowest BCUT2D eigenvalue weighted by molar-refractivity contribution is -0.118. The van der Waals surface area contributed by atoms with Crippen LogP contribution in [-0.2, 0) is 14.3 Å². The highest BCUT2D eigenvalue weighted by Crippen LogP contribution is 2.34. The van der Waals surface area contributed by atoms with Gasteiger partial charge in [0.25, 0.3) is 0 Å². The zero-order valence-electron chi connectivity index (χ0n) is 21.8. The number of benzene rings is 2. The number of nitrogens with zero attached hydrogens (tertiary/aromatic N) is 5. The first-order chi connectivity index (χ1) is 19.9. The summed E-state index contributed by atoms with van der Waals surface area (Å²) in [5.74, 6) is 0.153. The number of aromatic nitrogens is 5. The van der Waals surface area contributed by atoms with Gasteiger partial charge >= 0.3 is 6.09 Å². The molecule has 0 radical (unpaired) electrons. The predicted molar refractivity (Wildman–Crippen MR) is 149 cm³/mol. The van der Waals surface area contributed by atoms with E-state index >= 15 is 0 Å². The molecule has 1 aliphatic heterocycles. The molecule has 0 saturated carbocycles. The third kappa shape index (κ3) is 6.76. The van der Waals surface area contributed by atoms with Crippen LogP contribution in [0.4, 0.5) is 16.2 Å². The van der Waals surface area contributed by atoms with Gasteiger partial charge in [-0.2, -0.15) is 4.68 Å². The quantitative estimate of drug-likeness (QED) is 0.289. The minimum Gasteiger partial charge on any atom is -0.453 e. The maximum Gasteiger partial charge on any atom is 0.411 e. The summed E-state index contributed by atoms with van der Waals surface area (Å²) >= 11 is 6.18. The molecule has 1 unspecified atom stereocenters. The van der Waals surface area contributed by atoms with Crippen molar-refractivity contribution in [3.05, 3.63) is 71.5 Å². The van der Waals surface area contributed by atoms with Gasteiger partial charge in [0.15, 0.2) is 5.76 Å². The summed E-state index contributed by atoms with van der Waals surface area (Å²) in [5.41, 5.74) is 2.72. The zero-order valence-corrected chi connectivity index (χ0v) is 22.6. The van der Waals surface area contributed by atoms with Crippen molar-refractivity contribution in [1.82, 2.24) is 30.5 Å². The predicted octanol–water partition coefficient (Wildman–Crippen LogP) is 4.53. The molecule has 0 fully saturated rings. The van der Waals surface area contributed by atoms with Gasteiger partial charge in [0.05, 0.1) is 24.7 Å². The Bertz CT molecular complexity index is 1600. The maximum atomic E-state index is 13.0. The van der Waals surface area contributed by atoms with Crippen molar-refractivity contribution >= 4 is 47.0 Å². The van der Waals surface area contributed by atoms with Crippen molar-refractivity contribution in [2.75, 3.05) is 17.7 Å². The number of halogens is 1. The normalized spacial score (nSPS) is 15.3. The molecular weight excluding hydrogens is 552 g/mol. The van der Waals surface area contributed by atoms with Crippen LogP contribution in [0.2, 0.25) is 5.02 Å². The van der Waals surface area contributed by atoms with Crippen LogP contribution in [0.15, 0.2) is 59.4 Å². The summed E-state index contributed by atoms with van der Waals surface area (Å²) in [5, 5.41) is 20.1. The Labute approximate surface area is 238 Å². The molecule has 210 valence electrons. The Kier molecular flexibility index (Phi) is 8.34. The second kappa shape index (κ2) is 12.4. The SMILES string of the molecule is COC(=O)Nc1ccc2c(c1)NC(=O)CCCCC(NC(=O)C=Cc1cc(Cl)ccc1-n1cnnn1)c1ncc-2o1. The number of fused-ring (bicyclic) bond motifs is 4. The first kappa shape index (κ1) is 27.5. The molecule has 1 aliphatic rings. The molecule has 13 nitrogen and oxygen atoms in total. The van der Waals surface area contributed by atoms with Crippen LogP contribution in [0.5, 0.6) is 0 Å². The summed E-state index contributed by atoms with van der Waals surface area (Å²) in [6.45, 7) is 0. The number of hydrogen-bond donors (Lipinski definition) is 3. The number of hydrogen-bond acceptors (Lipinski definition) is 9. The fourth-order valence-electron chi connectivity index (χ4n) is 4.31. The largest absolute Gasteiger partial charge is 0.453 e.